The molecule has 0 unspecified atom stereocenters. The number of amides is 1. The van der Waals surface area contributed by atoms with Crippen molar-refractivity contribution in [1.82, 2.24) is 14.9 Å². The third-order valence-electron chi connectivity index (χ3n) is 4.37. The summed E-state index contributed by atoms with van der Waals surface area (Å²) in [5.74, 6) is 0.640. The highest BCUT2D eigenvalue weighted by Crippen LogP contribution is 2.37. The van der Waals surface area contributed by atoms with Gasteiger partial charge < -0.3 is 9.88 Å². The quantitative estimate of drug-likeness (QED) is 0.918. The summed E-state index contributed by atoms with van der Waals surface area (Å²) >= 11 is 1.74. The SMILES string of the molecule is C[C@H](C(=O)N[C@H](c1cccs1)C1CCCC1)n1ccnc1. The molecule has 0 aromatic carbocycles. The fourth-order valence-electron chi connectivity index (χ4n) is 3.09. The standard InChI is InChI=1S/C16H21N3OS/c1-12(19-9-8-17-11-19)16(20)18-15(13-5-2-3-6-13)14-7-4-10-21-14/h4,7-13,15H,2-3,5-6H2,1H3,(H,18,20)/t12-,15+/m1/s1. The van der Waals surface area contributed by atoms with E-state index in [1.807, 2.05) is 17.7 Å². The normalized spacial score (nSPS) is 18.5. The highest BCUT2D eigenvalue weighted by Gasteiger charge is 2.29. The lowest BCUT2D eigenvalue weighted by Crippen LogP contribution is -2.36. The number of thiophene rings is 1. The van der Waals surface area contributed by atoms with Crippen molar-refractivity contribution in [1.29, 1.82) is 0 Å². The average molecular weight is 303 g/mol. The molecule has 5 heteroatoms. The topological polar surface area (TPSA) is 46.9 Å². The van der Waals surface area contributed by atoms with Gasteiger partial charge in [0.25, 0.3) is 0 Å². The lowest BCUT2D eigenvalue weighted by molar-refractivity contribution is -0.125. The first-order valence-corrected chi connectivity index (χ1v) is 8.45. The smallest absolute Gasteiger partial charge is 0.243 e. The molecule has 112 valence electrons. The van der Waals surface area contributed by atoms with E-state index in [1.54, 1.807) is 23.9 Å². The van der Waals surface area contributed by atoms with Crippen LogP contribution in [0.4, 0.5) is 0 Å². The third-order valence-corrected chi connectivity index (χ3v) is 5.33. The molecule has 0 radical (unpaired) electrons. The second-order valence-electron chi connectivity index (χ2n) is 5.73. The number of carbonyl (C=O) groups excluding carboxylic acids is 1. The Morgan fingerprint density at radius 1 is 1.48 bits per heavy atom. The van der Waals surface area contributed by atoms with Gasteiger partial charge in [-0.1, -0.05) is 18.9 Å². The first kappa shape index (κ1) is 14.3. The molecule has 0 aliphatic heterocycles. The molecular weight excluding hydrogens is 282 g/mol. The Morgan fingerprint density at radius 2 is 2.29 bits per heavy atom. The molecule has 1 amide bonds. The predicted octanol–water partition coefficient (Wildman–Crippen LogP) is 3.55. The van der Waals surface area contributed by atoms with Gasteiger partial charge in [-0.3, -0.25) is 4.79 Å². The van der Waals surface area contributed by atoms with E-state index in [-0.39, 0.29) is 18.0 Å². The molecule has 1 N–H and O–H groups in total. The molecule has 2 atom stereocenters. The van der Waals surface area contributed by atoms with Gasteiger partial charge >= 0.3 is 0 Å². The predicted molar refractivity (Wildman–Crippen MR) is 84.1 cm³/mol. The van der Waals surface area contributed by atoms with E-state index < -0.39 is 0 Å². The number of carbonyl (C=O) groups is 1. The van der Waals surface area contributed by atoms with Gasteiger partial charge in [-0.25, -0.2) is 4.98 Å². The summed E-state index contributed by atoms with van der Waals surface area (Å²) in [5, 5.41) is 5.36. The van der Waals surface area contributed by atoms with Crippen LogP contribution in [-0.4, -0.2) is 15.5 Å². The third kappa shape index (κ3) is 3.18. The van der Waals surface area contributed by atoms with Crippen molar-refractivity contribution in [2.75, 3.05) is 0 Å². The molecule has 2 heterocycles. The van der Waals surface area contributed by atoms with Crippen LogP contribution in [0.25, 0.3) is 0 Å². The Bertz CT molecular complexity index is 558. The second kappa shape index (κ2) is 6.43. The van der Waals surface area contributed by atoms with Gasteiger partial charge in [0.15, 0.2) is 0 Å². The van der Waals surface area contributed by atoms with Crippen LogP contribution in [-0.2, 0) is 4.79 Å². The second-order valence-corrected chi connectivity index (χ2v) is 6.71. The number of nitrogens with zero attached hydrogens (tertiary/aromatic N) is 2. The monoisotopic (exact) mass is 303 g/mol. The fourth-order valence-corrected chi connectivity index (χ4v) is 3.96. The first-order valence-electron chi connectivity index (χ1n) is 7.57. The molecule has 4 nitrogen and oxygen atoms in total. The minimum absolute atomic E-state index is 0.0679. The van der Waals surface area contributed by atoms with Crippen molar-refractivity contribution in [3.63, 3.8) is 0 Å². The lowest BCUT2D eigenvalue weighted by Gasteiger charge is -2.25. The van der Waals surface area contributed by atoms with Crippen molar-refractivity contribution in [2.45, 2.75) is 44.7 Å². The maximum absolute atomic E-state index is 12.5. The van der Waals surface area contributed by atoms with Gasteiger partial charge in [-0.05, 0) is 37.1 Å². The van der Waals surface area contributed by atoms with Crippen LogP contribution in [0.5, 0.6) is 0 Å². The van der Waals surface area contributed by atoms with Crippen LogP contribution < -0.4 is 5.32 Å². The van der Waals surface area contributed by atoms with Gasteiger partial charge in [-0.2, -0.15) is 0 Å². The minimum atomic E-state index is -0.226. The van der Waals surface area contributed by atoms with Crippen LogP contribution in [0.15, 0.2) is 36.2 Å². The first-order chi connectivity index (χ1) is 10.3. The number of nitrogens with one attached hydrogen (secondary N) is 1. The summed E-state index contributed by atoms with van der Waals surface area (Å²) in [6, 6.07) is 4.13. The number of imidazole rings is 1. The summed E-state index contributed by atoms with van der Waals surface area (Å²) in [5.41, 5.74) is 0. The molecule has 2 aromatic rings. The summed E-state index contributed by atoms with van der Waals surface area (Å²) in [6.07, 6.45) is 10.2. The summed E-state index contributed by atoms with van der Waals surface area (Å²) in [7, 11) is 0. The lowest BCUT2D eigenvalue weighted by atomic mass is 9.96. The van der Waals surface area contributed by atoms with Crippen LogP contribution in [0.1, 0.15) is 49.6 Å². The molecule has 0 saturated heterocycles. The van der Waals surface area contributed by atoms with E-state index in [2.05, 4.69) is 27.8 Å². The van der Waals surface area contributed by atoms with Gasteiger partial charge in [-0.15, -0.1) is 11.3 Å². The molecule has 1 fully saturated rings. The summed E-state index contributed by atoms with van der Waals surface area (Å²) < 4.78 is 1.84. The van der Waals surface area contributed by atoms with E-state index in [1.165, 1.54) is 30.6 Å². The zero-order valence-electron chi connectivity index (χ0n) is 12.2. The maximum atomic E-state index is 12.5. The van der Waals surface area contributed by atoms with E-state index in [4.69, 9.17) is 0 Å². The Labute approximate surface area is 129 Å². The molecule has 0 bridgehead atoms. The van der Waals surface area contributed by atoms with Crippen molar-refractivity contribution >= 4 is 17.2 Å². The zero-order chi connectivity index (χ0) is 14.7. The van der Waals surface area contributed by atoms with Gasteiger partial charge in [0.1, 0.15) is 6.04 Å². The van der Waals surface area contributed by atoms with Gasteiger partial charge in [0.2, 0.25) is 5.91 Å². The van der Waals surface area contributed by atoms with Crippen molar-refractivity contribution in [3.05, 3.63) is 41.1 Å². The fraction of sp³-hybridized carbons (Fsp3) is 0.500. The highest BCUT2D eigenvalue weighted by molar-refractivity contribution is 7.10. The summed E-state index contributed by atoms with van der Waals surface area (Å²) in [6.45, 7) is 1.91. The molecule has 21 heavy (non-hydrogen) atoms. The number of hydrogen-bond donors (Lipinski definition) is 1. The number of aromatic nitrogens is 2. The summed E-state index contributed by atoms with van der Waals surface area (Å²) in [4.78, 5) is 17.8. The molecule has 2 aromatic heterocycles. The van der Waals surface area contributed by atoms with Crippen LogP contribution in [0, 0.1) is 5.92 Å². The molecular formula is C16H21N3OS. The van der Waals surface area contributed by atoms with Crippen molar-refractivity contribution in [2.24, 2.45) is 5.92 Å². The Morgan fingerprint density at radius 3 is 2.90 bits per heavy atom. The largest absolute Gasteiger partial charge is 0.346 e. The zero-order valence-corrected chi connectivity index (χ0v) is 13.1. The van der Waals surface area contributed by atoms with Crippen LogP contribution in [0.2, 0.25) is 0 Å². The van der Waals surface area contributed by atoms with E-state index in [9.17, 15) is 4.79 Å². The van der Waals surface area contributed by atoms with E-state index >= 15 is 0 Å². The number of hydrogen-bond acceptors (Lipinski definition) is 3. The Kier molecular flexibility index (Phi) is 4.39. The van der Waals surface area contributed by atoms with Crippen molar-refractivity contribution in [3.8, 4) is 0 Å². The van der Waals surface area contributed by atoms with Crippen LogP contribution >= 0.6 is 11.3 Å². The maximum Gasteiger partial charge on any atom is 0.243 e. The van der Waals surface area contributed by atoms with Crippen LogP contribution in [0.3, 0.4) is 0 Å². The average Bonchev–Trinajstić information content (AvgIpc) is 3.27. The van der Waals surface area contributed by atoms with E-state index in [0.29, 0.717) is 5.92 Å². The van der Waals surface area contributed by atoms with Gasteiger partial charge in [0, 0.05) is 17.3 Å². The number of rotatable bonds is 5. The molecule has 1 aliphatic rings. The Hall–Kier alpha value is -1.62. The van der Waals surface area contributed by atoms with E-state index in [0.717, 1.165) is 0 Å². The molecule has 3 rings (SSSR count). The Balaban J connectivity index is 1.73. The molecule has 0 spiro atoms. The van der Waals surface area contributed by atoms with Gasteiger partial charge in [0.05, 0.1) is 12.4 Å². The van der Waals surface area contributed by atoms with Crippen molar-refractivity contribution < 1.29 is 4.79 Å². The highest BCUT2D eigenvalue weighted by atomic mass is 32.1. The minimum Gasteiger partial charge on any atom is -0.346 e. The molecule has 1 saturated carbocycles. The molecule has 1 aliphatic carbocycles.